The van der Waals surface area contributed by atoms with Gasteiger partial charge >= 0.3 is 0 Å². The van der Waals surface area contributed by atoms with Crippen molar-refractivity contribution in [3.63, 3.8) is 0 Å². The Bertz CT molecular complexity index is 486. The molecule has 1 atom stereocenters. The van der Waals surface area contributed by atoms with Crippen LogP contribution in [0.25, 0.3) is 0 Å². The van der Waals surface area contributed by atoms with E-state index >= 15 is 0 Å². The van der Waals surface area contributed by atoms with Gasteiger partial charge in [0.1, 0.15) is 0 Å². The number of nitrogens with zero attached hydrogens (tertiary/aromatic N) is 2. The Morgan fingerprint density at radius 3 is 3.11 bits per heavy atom. The first-order valence-corrected chi connectivity index (χ1v) is 6.65. The van der Waals surface area contributed by atoms with Crippen LogP contribution in [0.2, 0.25) is 0 Å². The van der Waals surface area contributed by atoms with Gasteiger partial charge < -0.3 is 10.2 Å². The summed E-state index contributed by atoms with van der Waals surface area (Å²) in [6.45, 7) is 2.35. The Kier molecular flexibility index (Phi) is 4.53. The third-order valence-corrected chi connectivity index (χ3v) is 3.50. The standard InChI is InChI=1S/C15H19N3O/c1-18(15(19)14-6-3-7-17-10-14)11-13-5-2-4-12(8-13)9-16/h2,4-5,8,14,17H,3,6-7,10-11H2,1H3/t14-/m1/s1. The second kappa shape index (κ2) is 6.35. The minimum Gasteiger partial charge on any atom is -0.341 e. The highest BCUT2D eigenvalue weighted by atomic mass is 16.2. The van der Waals surface area contributed by atoms with Crippen molar-refractivity contribution in [3.05, 3.63) is 35.4 Å². The smallest absolute Gasteiger partial charge is 0.227 e. The van der Waals surface area contributed by atoms with Crippen molar-refractivity contribution >= 4 is 5.91 Å². The molecule has 0 saturated carbocycles. The van der Waals surface area contributed by atoms with Gasteiger partial charge in [-0.15, -0.1) is 0 Å². The minimum atomic E-state index is 0.0953. The van der Waals surface area contributed by atoms with Crippen LogP contribution in [0.3, 0.4) is 0 Å². The fourth-order valence-corrected chi connectivity index (χ4v) is 2.47. The minimum absolute atomic E-state index is 0.0953. The molecule has 0 aliphatic carbocycles. The van der Waals surface area contributed by atoms with E-state index in [4.69, 9.17) is 5.26 Å². The van der Waals surface area contributed by atoms with Crippen LogP contribution in [0.5, 0.6) is 0 Å². The van der Waals surface area contributed by atoms with Crippen LogP contribution < -0.4 is 5.32 Å². The van der Waals surface area contributed by atoms with Gasteiger partial charge in [-0.2, -0.15) is 5.26 Å². The summed E-state index contributed by atoms with van der Waals surface area (Å²) < 4.78 is 0. The lowest BCUT2D eigenvalue weighted by Gasteiger charge is -2.27. The SMILES string of the molecule is CN(Cc1cccc(C#N)c1)C(=O)[C@@H]1CCCNC1. The van der Waals surface area contributed by atoms with Gasteiger partial charge in [-0.25, -0.2) is 0 Å². The summed E-state index contributed by atoms with van der Waals surface area (Å²) in [5.41, 5.74) is 1.64. The molecule has 100 valence electrons. The van der Waals surface area contributed by atoms with Crippen LogP contribution >= 0.6 is 0 Å². The molecule has 1 amide bonds. The predicted octanol–water partition coefficient (Wildman–Crippen LogP) is 1.52. The lowest BCUT2D eigenvalue weighted by Crippen LogP contribution is -2.41. The summed E-state index contributed by atoms with van der Waals surface area (Å²) in [6, 6.07) is 9.53. The van der Waals surface area contributed by atoms with Crippen LogP contribution in [0, 0.1) is 17.2 Å². The highest BCUT2D eigenvalue weighted by Gasteiger charge is 2.23. The van der Waals surface area contributed by atoms with E-state index in [0.717, 1.165) is 31.5 Å². The molecule has 19 heavy (non-hydrogen) atoms. The van der Waals surface area contributed by atoms with Crippen molar-refractivity contribution in [1.29, 1.82) is 5.26 Å². The maximum atomic E-state index is 12.3. The van der Waals surface area contributed by atoms with Crippen LogP contribution in [-0.4, -0.2) is 30.9 Å². The van der Waals surface area contributed by atoms with E-state index < -0.39 is 0 Å². The second-order valence-electron chi connectivity index (χ2n) is 5.05. The summed E-state index contributed by atoms with van der Waals surface area (Å²) in [4.78, 5) is 14.0. The number of nitrogens with one attached hydrogen (secondary N) is 1. The molecular weight excluding hydrogens is 238 g/mol. The zero-order valence-corrected chi connectivity index (χ0v) is 11.2. The topological polar surface area (TPSA) is 56.1 Å². The number of carbonyl (C=O) groups is 1. The van der Waals surface area contributed by atoms with Crippen molar-refractivity contribution in [2.45, 2.75) is 19.4 Å². The lowest BCUT2D eigenvalue weighted by molar-refractivity contribution is -0.135. The summed E-state index contributed by atoms with van der Waals surface area (Å²) >= 11 is 0. The molecule has 1 aliphatic rings. The predicted molar refractivity (Wildman–Crippen MR) is 73.2 cm³/mol. The van der Waals surface area contributed by atoms with E-state index in [1.807, 2.05) is 25.2 Å². The van der Waals surface area contributed by atoms with Crippen molar-refractivity contribution in [3.8, 4) is 6.07 Å². The maximum absolute atomic E-state index is 12.3. The Morgan fingerprint density at radius 2 is 2.42 bits per heavy atom. The van der Waals surface area contributed by atoms with Crippen LogP contribution in [-0.2, 0) is 11.3 Å². The Labute approximate surface area is 114 Å². The molecule has 0 bridgehead atoms. The van der Waals surface area contributed by atoms with E-state index in [1.54, 1.807) is 11.0 Å². The highest BCUT2D eigenvalue weighted by molar-refractivity contribution is 5.78. The summed E-state index contributed by atoms with van der Waals surface area (Å²) in [5, 5.41) is 12.1. The number of piperidine rings is 1. The molecular formula is C15H19N3O. The third kappa shape index (κ3) is 3.55. The number of rotatable bonds is 3. The lowest BCUT2D eigenvalue weighted by atomic mass is 9.98. The van der Waals surface area contributed by atoms with Gasteiger partial charge in [0.25, 0.3) is 0 Å². The first kappa shape index (κ1) is 13.6. The maximum Gasteiger partial charge on any atom is 0.227 e. The zero-order valence-electron chi connectivity index (χ0n) is 11.2. The second-order valence-corrected chi connectivity index (χ2v) is 5.05. The third-order valence-electron chi connectivity index (χ3n) is 3.50. The highest BCUT2D eigenvalue weighted by Crippen LogP contribution is 2.15. The van der Waals surface area contributed by atoms with Gasteiger partial charge in [-0.05, 0) is 37.1 Å². The Hall–Kier alpha value is -1.86. The average molecular weight is 257 g/mol. The van der Waals surface area contributed by atoms with Gasteiger partial charge in [0.2, 0.25) is 5.91 Å². The number of hydrogen-bond acceptors (Lipinski definition) is 3. The molecule has 0 radical (unpaired) electrons. The van der Waals surface area contributed by atoms with Crippen LogP contribution in [0.4, 0.5) is 0 Å². The van der Waals surface area contributed by atoms with Crippen molar-refractivity contribution < 1.29 is 4.79 Å². The van der Waals surface area contributed by atoms with E-state index in [1.165, 1.54) is 0 Å². The molecule has 1 aromatic rings. The fraction of sp³-hybridized carbons (Fsp3) is 0.467. The van der Waals surface area contributed by atoms with Crippen LogP contribution in [0.15, 0.2) is 24.3 Å². The zero-order chi connectivity index (χ0) is 13.7. The molecule has 0 unspecified atom stereocenters. The molecule has 4 heteroatoms. The summed E-state index contributed by atoms with van der Waals surface area (Å²) in [7, 11) is 1.83. The monoisotopic (exact) mass is 257 g/mol. The number of amides is 1. The molecule has 1 aliphatic heterocycles. The van der Waals surface area contributed by atoms with Gasteiger partial charge in [0, 0.05) is 20.1 Å². The number of nitriles is 1. The normalized spacial score (nSPS) is 18.6. The van der Waals surface area contributed by atoms with E-state index in [9.17, 15) is 4.79 Å². The Morgan fingerprint density at radius 1 is 1.58 bits per heavy atom. The molecule has 1 saturated heterocycles. The van der Waals surface area contributed by atoms with Crippen molar-refractivity contribution in [1.82, 2.24) is 10.2 Å². The fourth-order valence-electron chi connectivity index (χ4n) is 2.47. The first-order chi connectivity index (χ1) is 9.20. The first-order valence-electron chi connectivity index (χ1n) is 6.65. The van der Waals surface area contributed by atoms with Gasteiger partial charge in [-0.3, -0.25) is 4.79 Å². The number of carbonyl (C=O) groups excluding carboxylic acids is 1. The molecule has 0 aromatic heterocycles. The molecule has 1 heterocycles. The Balaban J connectivity index is 1.97. The summed E-state index contributed by atoms with van der Waals surface area (Å²) in [5.74, 6) is 0.285. The molecule has 1 aromatic carbocycles. The van der Waals surface area contributed by atoms with E-state index in [-0.39, 0.29) is 11.8 Å². The van der Waals surface area contributed by atoms with Gasteiger partial charge in [0.05, 0.1) is 17.6 Å². The summed E-state index contributed by atoms with van der Waals surface area (Å²) in [6.07, 6.45) is 2.03. The van der Waals surface area contributed by atoms with Crippen LogP contribution in [0.1, 0.15) is 24.0 Å². The number of hydrogen-bond donors (Lipinski definition) is 1. The van der Waals surface area contributed by atoms with E-state index in [2.05, 4.69) is 11.4 Å². The molecule has 1 N–H and O–H groups in total. The quantitative estimate of drug-likeness (QED) is 0.893. The van der Waals surface area contributed by atoms with Gasteiger partial charge in [0.15, 0.2) is 0 Å². The largest absolute Gasteiger partial charge is 0.341 e. The molecule has 1 fully saturated rings. The van der Waals surface area contributed by atoms with Crippen molar-refractivity contribution in [2.75, 3.05) is 20.1 Å². The van der Waals surface area contributed by atoms with Gasteiger partial charge in [-0.1, -0.05) is 12.1 Å². The average Bonchev–Trinajstić information content (AvgIpc) is 2.47. The number of benzene rings is 1. The van der Waals surface area contributed by atoms with Crippen molar-refractivity contribution in [2.24, 2.45) is 5.92 Å². The molecule has 0 spiro atoms. The molecule has 4 nitrogen and oxygen atoms in total. The van der Waals surface area contributed by atoms with E-state index in [0.29, 0.717) is 12.1 Å². The molecule has 2 rings (SSSR count).